The summed E-state index contributed by atoms with van der Waals surface area (Å²) < 4.78 is 59.9. The number of ether oxygens (including phenoxy) is 1. The van der Waals surface area contributed by atoms with Gasteiger partial charge in [-0.25, -0.2) is 22.2 Å². The first-order chi connectivity index (χ1) is 15.5. The van der Waals surface area contributed by atoms with Gasteiger partial charge in [0.25, 0.3) is 5.91 Å². The Morgan fingerprint density at radius 1 is 1.30 bits per heavy atom. The van der Waals surface area contributed by atoms with Crippen LogP contribution in [0, 0.1) is 12.7 Å². The van der Waals surface area contributed by atoms with Gasteiger partial charge in [0.05, 0.1) is 13.3 Å². The molecule has 1 aromatic heterocycles. The fourth-order valence-corrected chi connectivity index (χ4v) is 6.72. The number of alkyl halides is 1. The van der Waals surface area contributed by atoms with Gasteiger partial charge in [0, 0.05) is 11.3 Å². The van der Waals surface area contributed by atoms with Gasteiger partial charge in [0.1, 0.15) is 33.4 Å². The Morgan fingerprint density at radius 3 is 2.58 bits per heavy atom. The lowest BCUT2D eigenvalue weighted by molar-refractivity contribution is 0.102. The lowest BCUT2D eigenvalue weighted by atomic mass is 9.82. The van der Waals surface area contributed by atoms with E-state index in [9.17, 15) is 17.6 Å². The Kier molecular flexibility index (Phi) is 5.43. The molecule has 1 aliphatic carbocycles. The van der Waals surface area contributed by atoms with E-state index in [2.05, 4.69) is 15.3 Å². The van der Waals surface area contributed by atoms with Gasteiger partial charge in [-0.05, 0) is 62.9 Å². The maximum absolute atomic E-state index is 15.5. The van der Waals surface area contributed by atoms with Crippen LogP contribution in [0.25, 0.3) is 0 Å². The molecule has 3 N–H and O–H groups in total. The topological polar surface area (TPSA) is 124 Å². The molecule has 2 aromatic rings. The van der Waals surface area contributed by atoms with Crippen molar-refractivity contribution in [3.05, 3.63) is 53.1 Å². The van der Waals surface area contributed by atoms with E-state index in [1.54, 1.807) is 13.0 Å². The molecule has 1 spiro atoms. The molecule has 33 heavy (non-hydrogen) atoms. The van der Waals surface area contributed by atoms with Crippen molar-refractivity contribution in [1.82, 2.24) is 4.98 Å². The number of sulfone groups is 1. The van der Waals surface area contributed by atoms with Crippen LogP contribution < -0.4 is 15.8 Å². The summed E-state index contributed by atoms with van der Waals surface area (Å²) >= 11 is 0. The largest absolute Gasteiger partial charge is 0.495 e. The Balaban J connectivity index is 1.71. The number of benzene rings is 1. The van der Waals surface area contributed by atoms with Crippen LogP contribution in [0.5, 0.6) is 5.75 Å². The third-order valence-corrected chi connectivity index (χ3v) is 9.22. The van der Waals surface area contributed by atoms with E-state index in [0.717, 1.165) is 6.07 Å². The van der Waals surface area contributed by atoms with Crippen molar-refractivity contribution < 1.29 is 26.7 Å². The highest BCUT2D eigenvalue weighted by atomic mass is 32.2. The number of carbonyl (C=O) groups excluding carboxylic acids is 1. The number of nitrogens with two attached hydrogens (primary N) is 1. The first-order valence-electron chi connectivity index (χ1n) is 10.3. The molecule has 1 saturated carbocycles. The van der Waals surface area contributed by atoms with E-state index in [0.29, 0.717) is 17.7 Å². The zero-order valence-electron chi connectivity index (χ0n) is 18.4. The molecular weight excluding hydrogens is 454 g/mol. The van der Waals surface area contributed by atoms with E-state index in [1.807, 2.05) is 0 Å². The molecule has 176 valence electrons. The Hall–Kier alpha value is -3.08. The van der Waals surface area contributed by atoms with E-state index in [4.69, 9.17) is 10.5 Å². The highest BCUT2D eigenvalue weighted by Gasteiger charge is 2.64. The Labute approximate surface area is 190 Å². The van der Waals surface area contributed by atoms with Crippen LogP contribution in [0.4, 0.5) is 14.5 Å². The van der Waals surface area contributed by atoms with Crippen molar-refractivity contribution in [2.45, 2.75) is 48.9 Å². The number of pyridine rings is 1. The van der Waals surface area contributed by atoms with Crippen molar-refractivity contribution in [3.8, 4) is 5.75 Å². The van der Waals surface area contributed by atoms with E-state index in [-0.39, 0.29) is 35.6 Å². The fourth-order valence-electron chi connectivity index (χ4n) is 4.35. The normalized spacial score (nSPS) is 25.1. The highest BCUT2D eigenvalue weighted by molar-refractivity contribution is 7.94. The van der Waals surface area contributed by atoms with Crippen molar-refractivity contribution in [3.63, 3.8) is 0 Å². The van der Waals surface area contributed by atoms with Crippen LogP contribution in [0.3, 0.4) is 0 Å². The second-order valence-electron chi connectivity index (χ2n) is 8.54. The summed E-state index contributed by atoms with van der Waals surface area (Å²) in [4.78, 5) is 21.0. The average Bonchev–Trinajstić information content (AvgIpc) is 2.72. The van der Waals surface area contributed by atoms with Gasteiger partial charge in [-0.2, -0.15) is 0 Å². The number of aliphatic imine (C=N–C) groups is 1. The van der Waals surface area contributed by atoms with Gasteiger partial charge in [0.15, 0.2) is 9.84 Å². The number of carbonyl (C=O) groups is 1. The minimum absolute atomic E-state index is 0.116. The molecule has 2 aliphatic rings. The number of aryl methyl sites for hydroxylation is 1. The summed E-state index contributed by atoms with van der Waals surface area (Å²) in [5, 5.41) is 2.59. The minimum Gasteiger partial charge on any atom is -0.495 e. The van der Waals surface area contributed by atoms with E-state index in [1.165, 1.54) is 32.4 Å². The van der Waals surface area contributed by atoms with Gasteiger partial charge in [0.2, 0.25) is 5.50 Å². The van der Waals surface area contributed by atoms with Crippen molar-refractivity contribution in [1.29, 1.82) is 0 Å². The number of nitrogens with zero attached hydrogens (tertiary/aromatic N) is 2. The zero-order valence-corrected chi connectivity index (χ0v) is 19.2. The van der Waals surface area contributed by atoms with Crippen LogP contribution in [0.2, 0.25) is 0 Å². The summed E-state index contributed by atoms with van der Waals surface area (Å²) in [5.41, 5.74) is 1.86. The molecule has 8 nitrogen and oxygen atoms in total. The number of rotatable bonds is 4. The predicted molar refractivity (Wildman–Crippen MR) is 119 cm³/mol. The van der Waals surface area contributed by atoms with E-state index >= 15 is 4.39 Å². The molecular formula is C22H24F2N4O4S. The van der Waals surface area contributed by atoms with E-state index < -0.39 is 37.4 Å². The smallest absolute Gasteiger partial charge is 0.274 e. The number of hydrogen-bond donors (Lipinski definition) is 2. The number of methoxy groups -OCH3 is 1. The van der Waals surface area contributed by atoms with Crippen LogP contribution in [-0.2, 0) is 15.4 Å². The van der Waals surface area contributed by atoms with Gasteiger partial charge >= 0.3 is 0 Å². The van der Waals surface area contributed by atoms with Crippen LogP contribution in [0.15, 0.2) is 35.5 Å². The van der Waals surface area contributed by atoms with Crippen LogP contribution in [0.1, 0.15) is 47.8 Å². The lowest BCUT2D eigenvalue weighted by Gasteiger charge is -2.48. The Bertz CT molecular complexity index is 1280. The summed E-state index contributed by atoms with van der Waals surface area (Å²) in [6.07, 6.45) is 2.35. The van der Waals surface area contributed by atoms with Crippen LogP contribution in [-0.4, -0.2) is 42.5 Å². The zero-order chi connectivity index (χ0) is 24.2. The van der Waals surface area contributed by atoms with Crippen molar-refractivity contribution >= 4 is 27.3 Å². The summed E-state index contributed by atoms with van der Waals surface area (Å²) in [6.45, 7) is 2.86. The molecule has 2 atom stereocenters. The first-order valence-corrected chi connectivity index (χ1v) is 11.9. The van der Waals surface area contributed by atoms with Gasteiger partial charge in [-0.15, -0.1) is 0 Å². The fraction of sp³-hybridized carbons (Fsp3) is 0.409. The summed E-state index contributed by atoms with van der Waals surface area (Å²) in [5.74, 6) is -1.18. The SMILES string of the molecule is COc1cnc(C(=O)Nc2ccc(F)c(C3(C)N=C(N)C4(CCC4)S(=O)(=O)C3F)c2)c(C)c1. The quantitative estimate of drug-likeness (QED) is 0.696. The molecule has 1 aliphatic heterocycles. The van der Waals surface area contributed by atoms with Gasteiger partial charge in [-0.3, -0.25) is 9.79 Å². The van der Waals surface area contributed by atoms with Gasteiger partial charge in [-0.1, -0.05) is 0 Å². The molecule has 0 saturated heterocycles. The molecule has 0 bridgehead atoms. The Morgan fingerprint density at radius 2 is 2.00 bits per heavy atom. The third-order valence-electron chi connectivity index (χ3n) is 6.51. The molecule has 4 rings (SSSR count). The number of amides is 1. The summed E-state index contributed by atoms with van der Waals surface area (Å²) in [6, 6.07) is 5.10. The summed E-state index contributed by atoms with van der Waals surface area (Å²) in [7, 11) is -2.90. The maximum Gasteiger partial charge on any atom is 0.274 e. The van der Waals surface area contributed by atoms with Crippen LogP contribution >= 0.6 is 0 Å². The second kappa shape index (κ2) is 7.75. The molecule has 11 heteroatoms. The first kappa shape index (κ1) is 23.1. The number of halogens is 2. The lowest BCUT2D eigenvalue weighted by Crippen LogP contribution is -2.64. The number of anilines is 1. The third kappa shape index (κ3) is 3.36. The molecule has 1 amide bonds. The molecule has 1 aromatic carbocycles. The number of amidine groups is 1. The van der Waals surface area contributed by atoms with Crippen molar-refractivity contribution in [2.24, 2.45) is 10.7 Å². The monoisotopic (exact) mass is 478 g/mol. The maximum atomic E-state index is 15.5. The van der Waals surface area contributed by atoms with Crippen molar-refractivity contribution in [2.75, 3.05) is 12.4 Å². The molecule has 0 radical (unpaired) electrons. The molecule has 1 fully saturated rings. The second-order valence-corrected chi connectivity index (χ2v) is 10.8. The highest BCUT2D eigenvalue weighted by Crippen LogP contribution is 2.51. The molecule has 2 unspecified atom stereocenters. The number of nitrogens with one attached hydrogen (secondary N) is 1. The minimum atomic E-state index is -4.38. The number of hydrogen-bond acceptors (Lipinski definition) is 7. The van der Waals surface area contributed by atoms with Gasteiger partial charge < -0.3 is 15.8 Å². The standard InChI is InChI=1S/C22H24F2N4O4S/c1-12-9-14(32-3)11-26-17(12)18(29)27-13-5-6-16(23)15(10-13)21(2)19(24)33(30,31)22(7-4-8-22)20(25)28-21/h5-6,9-11,19H,4,7-8H2,1-3H3,(H2,25,28)(H,27,29). The average molecular weight is 479 g/mol. The molecule has 2 heterocycles. The predicted octanol–water partition coefficient (Wildman–Crippen LogP) is 3.01. The number of aromatic nitrogens is 1.